The maximum atomic E-state index is 12.1. The molecule has 1 fully saturated rings. The summed E-state index contributed by atoms with van der Waals surface area (Å²) in [6.07, 6.45) is 1.73. The Labute approximate surface area is 155 Å². The number of fused-ring (bicyclic) bond motifs is 1. The predicted octanol–water partition coefficient (Wildman–Crippen LogP) is 3.05. The van der Waals surface area contributed by atoms with Crippen LogP contribution in [0.5, 0.6) is 0 Å². The molecule has 5 nitrogen and oxygen atoms in total. The molecule has 3 rings (SSSR count). The lowest BCUT2D eigenvalue weighted by Crippen LogP contribution is -2.52. The van der Waals surface area contributed by atoms with Crippen molar-refractivity contribution in [2.45, 2.75) is 38.3 Å². The lowest BCUT2D eigenvalue weighted by Gasteiger charge is -2.35. The predicted molar refractivity (Wildman–Crippen MR) is 105 cm³/mol. The largest absolute Gasteiger partial charge is 0.387 e. The van der Waals surface area contributed by atoms with Gasteiger partial charge in [-0.3, -0.25) is 4.90 Å². The molecule has 2 aromatic rings. The van der Waals surface area contributed by atoms with E-state index in [9.17, 15) is 9.90 Å². The molecule has 1 heterocycles. The molecule has 2 amide bonds. The van der Waals surface area contributed by atoms with Crippen LogP contribution in [0, 0.1) is 0 Å². The zero-order chi connectivity index (χ0) is 18.6. The van der Waals surface area contributed by atoms with Crippen LogP contribution in [0.15, 0.2) is 42.5 Å². The first-order chi connectivity index (χ1) is 12.5. The van der Waals surface area contributed by atoms with Crippen LogP contribution in [-0.2, 0) is 0 Å². The van der Waals surface area contributed by atoms with Gasteiger partial charge in [-0.1, -0.05) is 36.4 Å². The first-order valence-corrected chi connectivity index (χ1v) is 9.39. The van der Waals surface area contributed by atoms with Gasteiger partial charge in [0.2, 0.25) is 0 Å². The molecule has 2 aromatic carbocycles. The van der Waals surface area contributed by atoms with Gasteiger partial charge in [0.05, 0.1) is 6.10 Å². The molecule has 5 heteroatoms. The maximum Gasteiger partial charge on any atom is 0.314 e. The van der Waals surface area contributed by atoms with Crippen LogP contribution in [0.2, 0.25) is 0 Å². The van der Waals surface area contributed by atoms with E-state index in [0.29, 0.717) is 6.54 Å². The maximum absolute atomic E-state index is 12.1. The lowest BCUT2D eigenvalue weighted by atomic mass is 10.0. The molecule has 0 bridgehead atoms. The summed E-state index contributed by atoms with van der Waals surface area (Å²) >= 11 is 0. The molecule has 0 radical (unpaired) electrons. The summed E-state index contributed by atoms with van der Waals surface area (Å²) in [6.45, 7) is 7.28. The highest BCUT2D eigenvalue weighted by molar-refractivity contribution is 5.83. The van der Waals surface area contributed by atoms with Crippen LogP contribution >= 0.6 is 0 Å². The Bertz CT molecular complexity index is 754. The van der Waals surface area contributed by atoms with E-state index in [-0.39, 0.29) is 18.1 Å². The summed E-state index contributed by atoms with van der Waals surface area (Å²) in [5.74, 6) is 0. The van der Waals surface area contributed by atoms with Gasteiger partial charge >= 0.3 is 6.03 Å². The summed E-state index contributed by atoms with van der Waals surface area (Å²) in [4.78, 5) is 14.5. The number of benzene rings is 2. The Morgan fingerprint density at radius 1 is 1.12 bits per heavy atom. The van der Waals surface area contributed by atoms with Crippen LogP contribution in [0.3, 0.4) is 0 Å². The molecule has 26 heavy (non-hydrogen) atoms. The summed E-state index contributed by atoms with van der Waals surface area (Å²) < 4.78 is 0. The Morgan fingerprint density at radius 3 is 2.54 bits per heavy atom. The molecule has 1 aliphatic rings. The molecule has 3 N–H and O–H groups in total. The Hall–Kier alpha value is -2.11. The second-order valence-corrected chi connectivity index (χ2v) is 7.69. The fraction of sp³-hybridized carbons (Fsp3) is 0.476. The highest BCUT2D eigenvalue weighted by Crippen LogP contribution is 2.21. The molecule has 0 spiro atoms. The second-order valence-electron chi connectivity index (χ2n) is 7.69. The van der Waals surface area contributed by atoms with Gasteiger partial charge in [0.15, 0.2) is 0 Å². The number of carbonyl (C=O) groups is 1. The van der Waals surface area contributed by atoms with Gasteiger partial charge in [-0.25, -0.2) is 4.79 Å². The molecule has 0 saturated carbocycles. The number of likely N-dealkylation sites (tertiary alicyclic amines) is 1. The van der Waals surface area contributed by atoms with Crippen LogP contribution in [0.4, 0.5) is 4.79 Å². The van der Waals surface area contributed by atoms with E-state index in [1.54, 1.807) is 0 Å². The number of nitrogens with one attached hydrogen (secondary N) is 2. The molecular formula is C21H29N3O2. The van der Waals surface area contributed by atoms with Crippen molar-refractivity contribution in [1.82, 2.24) is 15.5 Å². The first kappa shape index (κ1) is 18.7. The monoisotopic (exact) mass is 355 g/mol. The molecule has 140 valence electrons. The molecule has 0 aliphatic carbocycles. The average Bonchev–Trinajstić information content (AvgIpc) is 3.20. The Kier molecular flexibility index (Phi) is 5.79. The number of rotatable bonds is 6. The first-order valence-electron chi connectivity index (χ1n) is 9.39. The van der Waals surface area contributed by atoms with E-state index in [0.717, 1.165) is 29.4 Å². The standard InChI is InChI=1S/C21H29N3O2/c1-21(2,24-11-5-6-12-24)15-23-20(26)22-14-19(25)18-10-9-16-7-3-4-8-17(16)13-18/h3-4,7-10,13,19,25H,5-6,11-12,14-15H2,1-2H3,(H2,22,23,26). The van der Waals surface area contributed by atoms with E-state index in [1.165, 1.54) is 12.8 Å². The summed E-state index contributed by atoms with van der Waals surface area (Å²) in [7, 11) is 0. The number of amides is 2. The van der Waals surface area contributed by atoms with Gasteiger partial charge in [-0.15, -0.1) is 0 Å². The zero-order valence-electron chi connectivity index (χ0n) is 15.7. The normalized spacial score (nSPS) is 16.6. The third kappa shape index (κ3) is 4.54. The highest BCUT2D eigenvalue weighted by Gasteiger charge is 2.29. The Morgan fingerprint density at radius 2 is 1.81 bits per heavy atom. The van der Waals surface area contributed by atoms with Crippen molar-refractivity contribution >= 4 is 16.8 Å². The molecular weight excluding hydrogens is 326 g/mol. The van der Waals surface area contributed by atoms with Crippen molar-refractivity contribution in [1.29, 1.82) is 0 Å². The number of urea groups is 1. The fourth-order valence-corrected chi connectivity index (χ4v) is 3.52. The SMILES string of the molecule is CC(C)(CNC(=O)NCC(O)c1ccc2ccccc2c1)N1CCCC1. The number of aliphatic hydroxyl groups excluding tert-OH is 1. The topological polar surface area (TPSA) is 64.6 Å². The van der Waals surface area contributed by atoms with E-state index in [1.807, 2.05) is 42.5 Å². The van der Waals surface area contributed by atoms with Crippen molar-refractivity contribution in [3.63, 3.8) is 0 Å². The van der Waals surface area contributed by atoms with Crippen LogP contribution in [-0.4, -0.2) is 47.8 Å². The fourth-order valence-electron chi connectivity index (χ4n) is 3.52. The minimum Gasteiger partial charge on any atom is -0.387 e. The van der Waals surface area contributed by atoms with Crippen LogP contribution in [0.25, 0.3) is 10.8 Å². The molecule has 1 unspecified atom stereocenters. The van der Waals surface area contributed by atoms with E-state index < -0.39 is 6.10 Å². The van der Waals surface area contributed by atoms with Crippen molar-refractivity contribution < 1.29 is 9.90 Å². The van der Waals surface area contributed by atoms with Crippen molar-refractivity contribution in [2.24, 2.45) is 0 Å². The smallest absolute Gasteiger partial charge is 0.314 e. The highest BCUT2D eigenvalue weighted by atomic mass is 16.3. The van der Waals surface area contributed by atoms with Gasteiger partial charge < -0.3 is 15.7 Å². The summed E-state index contributed by atoms with van der Waals surface area (Å²) in [5.41, 5.74) is 0.756. The van der Waals surface area contributed by atoms with E-state index >= 15 is 0 Å². The lowest BCUT2D eigenvalue weighted by molar-refractivity contribution is 0.149. The minimum atomic E-state index is -0.725. The van der Waals surface area contributed by atoms with Gasteiger partial charge in [0, 0.05) is 18.6 Å². The van der Waals surface area contributed by atoms with Crippen molar-refractivity contribution in [3.05, 3.63) is 48.0 Å². The molecule has 1 aliphatic heterocycles. The number of nitrogens with zero attached hydrogens (tertiary/aromatic N) is 1. The number of hydrogen-bond donors (Lipinski definition) is 3. The van der Waals surface area contributed by atoms with Gasteiger partial charge in [-0.05, 0) is 62.2 Å². The van der Waals surface area contributed by atoms with Crippen molar-refractivity contribution in [2.75, 3.05) is 26.2 Å². The molecule has 1 atom stereocenters. The number of carbonyl (C=O) groups excluding carboxylic acids is 1. The number of aliphatic hydroxyl groups is 1. The van der Waals surface area contributed by atoms with Crippen LogP contribution < -0.4 is 10.6 Å². The third-order valence-corrected chi connectivity index (χ3v) is 5.26. The third-order valence-electron chi connectivity index (χ3n) is 5.26. The molecule has 0 aromatic heterocycles. The van der Waals surface area contributed by atoms with Gasteiger partial charge in [0.25, 0.3) is 0 Å². The van der Waals surface area contributed by atoms with E-state index in [2.05, 4.69) is 29.4 Å². The van der Waals surface area contributed by atoms with Gasteiger partial charge in [-0.2, -0.15) is 0 Å². The quantitative estimate of drug-likeness (QED) is 0.746. The molecule has 1 saturated heterocycles. The average molecular weight is 355 g/mol. The number of hydrogen-bond acceptors (Lipinski definition) is 3. The zero-order valence-corrected chi connectivity index (χ0v) is 15.7. The van der Waals surface area contributed by atoms with Crippen LogP contribution in [0.1, 0.15) is 38.4 Å². The van der Waals surface area contributed by atoms with Gasteiger partial charge in [0.1, 0.15) is 0 Å². The minimum absolute atomic E-state index is 0.0508. The summed E-state index contributed by atoms with van der Waals surface area (Å²) in [5, 5.41) is 18.3. The Balaban J connectivity index is 1.48. The summed E-state index contributed by atoms with van der Waals surface area (Å²) in [6, 6.07) is 13.7. The van der Waals surface area contributed by atoms with E-state index in [4.69, 9.17) is 0 Å². The second kappa shape index (κ2) is 8.06. The van der Waals surface area contributed by atoms with Crippen molar-refractivity contribution in [3.8, 4) is 0 Å².